The summed E-state index contributed by atoms with van der Waals surface area (Å²) < 4.78 is 4.73. The minimum Gasteiger partial charge on any atom is -0.465 e. The molecule has 1 aromatic carbocycles. The van der Waals surface area contributed by atoms with Gasteiger partial charge in [0.2, 0.25) is 0 Å². The number of carbonyl (C=O) groups is 1. The second kappa shape index (κ2) is 6.61. The van der Waals surface area contributed by atoms with E-state index in [0.717, 1.165) is 18.4 Å². The predicted octanol–water partition coefficient (Wildman–Crippen LogP) is 3.28. The third kappa shape index (κ3) is 3.46. The average molecular weight is 287 g/mol. The molecule has 2 aliphatic rings. The Balaban J connectivity index is 1.53. The number of nitrogens with zero attached hydrogens (tertiary/aromatic N) is 1. The van der Waals surface area contributed by atoms with Crippen molar-refractivity contribution >= 4 is 5.97 Å². The van der Waals surface area contributed by atoms with Crippen LogP contribution in [0.1, 0.15) is 48.0 Å². The summed E-state index contributed by atoms with van der Waals surface area (Å²) in [7, 11) is 1.42. The zero-order chi connectivity index (χ0) is 14.7. The maximum atomic E-state index is 11.4. The van der Waals surface area contributed by atoms with Crippen molar-refractivity contribution in [2.45, 2.75) is 44.6 Å². The van der Waals surface area contributed by atoms with Gasteiger partial charge in [-0.15, -0.1) is 0 Å². The Morgan fingerprint density at radius 1 is 1.19 bits per heavy atom. The van der Waals surface area contributed by atoms with Gasteiger partial charge in [0.05, 0.1) is 12.7 Å². The molecule has 0 radical (unpaired) electrons. The fourth-order valence-corrected chi connectivity index (χ4v) is 3.86. The number of methoxy groups -OCH3 is 1. The van der Waals surface area contributed by atoms with Crippen molar-refractivity contribution < 1.29 is 9.53 Å². The SMILES string of the molecule is COC(=O)c1ccc(CC2CCN(C3CCCC3)C2)cc1. The number of benzene rings is 1. The van der Waals surface area contributed by atoms with Gasteiger partial charge in [-0.3, -0.25) is 0 Å². The number of esters is 1. The summed E-state index contributed by atoms with van der Waals surface area (Å²) >= 11 is 0. The van der Waals surface area contributed by atoms with Crippen molar-refractivity contribution in [2.75, 3.05) is 20.2 Å². The second-order valence-electron chi connectivity index (χ2n) is 6.48. The minimum atomic E-state index is -0.255. The van der Waals surface area contributed by atoms with Gasteiger partial charge in [-0.2, -0.15) is 0 Å². The Labute approximate surface area is 127 Å². The maximum absolute atomic E-state index is 11.4. The van der Waals surface area contributed by atoms with Crippen LogP contribution in [0.4, 0.5) is 0 Å². The number of ether oxygens (including phenoxy) is 1. The fourth-order valence-electron chi connectivity index (χ4n) is 3.86. The van der Waals surface area contributed by atoms with Gasteiger partial charge in [0.25, 0.3) is 0 Å². The molecule has 3 nitrogen and oxygen atoms in total. The summed E-state index contributed by atoms with van der Waals surface area (Å²) in [4.78, 5) is 14.1. The first-order valence-corrected chi connectivity index (χ1v) is 8.17. The van der Waals surface area contributed by atoms with Gasteiger partial charge < -0.3 is 9.64 Å². The molecule has 1 heterocycles. The summed E-state index contributed by atoms with van der Waals surface area (Å²) in [5.74, 6) is 0.518. The molecule has 1 aromatic rings. The topological polar surface area (TPSA) is 29.5 Å². The Morgan fingerprint density at radius 2 is 1.90 bits per heavy atom. The minimum absolute atomic E-state index is 0.255. The van der Waals surface area contributed by atoms with Crippen LogP contribution >= 0.6 is 0 Å². The van der Waals surface area contributed by atoms with Crippen LogP contribution in [0.5, 0.6) is 0 Å². The van der Waals surface area contributed by atoms with Gasteiger partial charge in [0.15, 0.2) is 0 Å². The van der Waals surface area contributed by atoms with E-state index in [9.17, 15) is 4.79 Å². The molecular weight excluding hydrogens is 262 g/mol. The molecular formula is C18H25NO2. The first-order chi connectivity index (χ1) is 10.3. The first-order valence-electron chi connectivity index (χ1n) is 8.17. The van der Waals surface area contributed by atoms with Crippen LogP contribution in [0.25, 0.3) is 0 Å². The maximum Gasteiger partial charge on any atom is 0.337 e. The Bertz CT molecular complexity index is 476. The summed E-state index contributed by atoms with van der Waals surface area (Å²) in [5.41, 5.74) is 1.97. The number of hydrogen-bond donors (Lipinski definition) is 0. The number of hydrogen-bond acceptors (Lipinski definition) is 3. The van der Waals surface area contributed by atoms with Crippen LogP contribution in [-0.4, -0.2) is 37.1 Å². The highest BCUT2D eigenvalue weighted by Gasteiger charge is 2.29. The van der Waals surface area contributed by atoms with E-state index in [2.05, 4.69) is 17.0 Å². The second-order valence-corrected chi connectivity index (χ2v) is 6.48. The van der Waals surface area contributed by atoms with Gasteiger partial charge in [-0.25, -0.2) is 4.79 Å². The van der Waals surface area contributed by atoms with Crippen molar-refractivity contribution in [1.29, 1.82) is 0 Å². The van der Waals surface area contributed by atoms with Crippen LogP contribution in [0.2, 0.25) is 0 Å². The molecule has 1 saturated heterocycles. The highest BCUT2D eigenvalue weighted by Crippen LogP contribution is 2.29. The zero-order valence-electron chi connectivity index (χ0n) is 12.9. The lowest BCUT2D eigenvalue weighted by Gasteiger charge is -2.23. The van der Waals surface area contributed by atoms with E-state index in [0.29, 0.717) is 5.56 Å². The molecule has 114 valence electrons. The van der Waals surface area contributed by atoms with E-state index in [1.807, 2.05) is 12.1 Å². The standard InChI is InChI=1S/C18H25NO2/c1-21-18(20)16-8-6-14(7-9-16)12-15-10-11-19(13-15)17-4-2-3-5-17/h6-9,15,17H,2-5,10-13H2,1H3. The highest BCUT2D eigenvalue weighted by atomic mass is 16.5. The van der Waals surface area contributed by atoms with Crippen molar-refractivity contribution in [3.63, 3.8) is 0 Å². The molecule has 0 aromatic heterocycles. The number of likely N-dealkylation sites (tertiary alicyclic amines) is 1. The molecule has 0 bridgehead atoms. The van der Waals surface area contributed by atoms with E-state index >= 15 is 0 Å². The van der Waals surface area contributed by atoms with Gasteiger partial charge in [-0.1, -0.05) is 25.0 Å². The monoisotopic (exact) mass is 287 g/mol. The highest BCUT2D eigenvalue weighted by molar-refractivity contribution is 5.89. The van der Waals surface area contributed by atoms with E-state index in [-0.39, 0.29) is 5.97 Å². The van der Waals surface area contributed by atoms with E-state index in [1.54, 1.807) is 0 Å². The molecule has 1 aliphatic heterocycles. The zero-order valence-corrected chi connectivity index (χ0v) is 12.9. The van der Waals surface area contributed by atoms with Crippen molar-refractivity contribution in [3.8, 4) is 0 Å². The number of rotatable bonds is 4. The van der Waals surface area contributed by atoms with Gasteiger partial charge in [-0.05, 0) is 55.8 Å². The molecule has 0 N–H and O–H groups in total. The Kier molecular flexibility index (Phi) is 4.59. The smallest absolute Gasteiger partial charge is 0.337 e. The van der Waals surface area contributed by atoms with Gasteiger partial charge >= 0.3 is 5.97 Å². The van der Waals surface area contributed by atoms with Crippen LogP contribution in [0.15, 0.2) is 24.3 Å². The molecule has 2 fully saturated rings. The lowest BCUT2D eigenvalue weighted by atomic mass is 9.98. The molecule has 3 heteroatoms. The molecule has 1 aliphatic carbocycles. The van der Waals surface area contributed by atoms with Crippen molar-refractivity contribution in [3.05, 3.63) is 35.4 Å². The molecule has 0 amide bonds. The summed E-state index contributed by atoms with van der Waals surface area (Å²) in [5, 5.41) is 0. The third-order valence-electron chi connectivity index (χ3n) is 5.06. The van der Waals surface area contributed by atoms with E-state index < -0.39 is 0 Å². The van der Waals surface area contributed by atoms with E-state index in [1.165, 1.54) is 57.9 Å². The Morgan fingerprint density at radius 3 is 2.57 bits per heavy atom. The van der Waals surface area contributed by atoms with Crippen molar-refractivity contribution in [2.24, 2.45) is 5.92 Å². The molecule has 1 atom stereocenters. The lowest BCUT2D eigenvalue weighted by molar-refractivity contribution is 0.0600. The molecule has 0 spiro atoms. The largest absolute Gasteiger partial charge is 0.465 e. The quantitative estimate of drug-likeness (QED) is 0.796. The summed E-state index contributed by atoms with van der Waals surface area (Å²) in [6.45, 7) is 2.53. The van der Waals surface area contributed by atoms with Crippen LogP contribution < -0.4 is 0 Å². The average Bonchev–Trinajstić information content (AvgIpc) is 3.18. The summed E-state index contributed by atoms with van der Waals surface area (Å²) in [6.07, 6.45) is 8.09. The summed E-state index contributed by atoms with van der Waals surface area (Å²) in [6, 6.07) is 8.77. The molecule has 1 unspecified atom stereocenters. The normalized spacial score (nSPS) is 23.6. The molecule has 21 heavy (non-hydrogen) atoms. The van der Waals surface area contributed by atoms with Crippen LogP contribution in [-0.2, 0) is 11.2 Å². The predicted molar refractivity (Wildman–Crippen MR) is 83.4 cm³/mol. The Hall–Kier alpha value is -1.35. The first kappa shape index (κ1) is 14.6. The van der Waals surface area contributed by atoms with E-state index in [4.69, 9.17) is 4.74 Å². The molecule has 1 saturated carbocycles. The fraction of sp³-hybridized carbons (Fsp3) is 0.611. The third-order valence-corrected chi connectivity index (χ3v) is 5.06. The van der Waals surface area contributed by atoms with Gasteiger partial charge in [0, 0.05) is 12.6 Å². The number of carbonyl (C=O) groups excluding carboxylic acids is 1. The van der Waals surface area contributed by atoms with Gasteiger partial charge in [0.1, 0.15) is 0 Å². The lowest BCUT2D eigenvalue weighted by Crippen LogP contribution is -2.31. The van der Waals surface area contributed by atoms with Crippen molar-refractivity contribution in [1.82, 2.24) is 4.90 Å². The van der Waals surface area contributed by atoms with Crippen LogP contribution in [0, 0.1) is 5.92 Å². The molecule has 3 rings (SSSR count). The van der Waals surface area contributed by atoms with Crippen LogP contribution in [0.3, 0.4) is 0 Å².